The first-order valence-corrected chi connectivity index (χ1v) is 13.9. The molecule has 0 aliphatic heterocycles. The number of ether oxygens (including phenoxy) is 4. The number of carbonyl (C=O) groups excluding carboxylic acids is 1. The van der Waals surface area contributed by atoms with Crippen molar-refractivity contribution in [3.8, 4) is 0 Å². The maximum Gasteiger partial charge on any atom is 0.167 e. The van der Waals surface area contributed by atoms with Gasteiger partial charge < -0.3 is 24.1 Å². The number of hydrogen-bond acceptors (Lipinski definition) is 6. The Morgan fingerprint density at radius 2 is 1.00 bits per heavy atom. The molecule has 0 spiro atoms. The van der Waals surface area contributed by atoms with Gasteiger partial charge in [-0.05, 0) is 22.3 Å². The fraction of sp³-hybridized carbons (Fsp3) is 0.286. The zero-order chi connectivity index (χ0) is 28.3. The summed E-state index contributed by atoms with van der Waals surface area (Å²) in [7, 11) is 0. The van der Waals surface area contributed by atoms with E-state index in [9.17, 15) is 9.90 Å². The van der Waals surface area contributed by atoms with E-state index in [1.165, 1.54) is 0 Å². The van der Waals surface area contributed by atoms with Gasteiger partial charge in [-0.2, -0.15) is 0 Å². The van der Waals surface area contributed by atoms with Gasteiger partial charge in [0.15, 0.2) is 5.78 Å². The van der Waals surface area contributed by atoms with E-state index in [2.05, 4.69) is 0 Å². The lowest BCUT2D eigenvalue weighted by Crippen LogP contribution is -2.65. The van der Waals surface area contributed by atoms with Crippen LogP contribution in [0.25, 0.3) is 0 Å². The molecule has 0 aromatic heterocycles. The molecule has 1 fully saturated rings. The van der Waals surface area contributed by atoms with Crippen molar-refractivity contribution in [1.29, 1.82) is 0 Å². The molecule has 4 aromatic carbocycles. The lowest BCUT2D eigenvalue weighted by Gasteiger charge is -2.46. The van der Waals surface area contributed by atoms with Gasteiger partial charge in [-0.3, -0.25) is 4.79 Å². The van der Waals surface area contributed by atoms with Crippen LogP contribution in [0.4, 0.5) is 0 Å². The summed E-state index contributed by atoms with van der Waals surface area (Å²) in [5.74, 6) is -0.246. The third-order valence-electron chi connectivity index (χ3n) is 7.22. The number of Topliss-reactive ketones (excluding diaryl/α,β-unsaturated/α-hetero) is 1. The monoisotopic (exact) mass is 552 g/mol. The minimum atomic E-state index is -1.62. The van der Waals surface area contributed by atoms with E-state index in [-0.39, 0.29) is 38.6 Å². The lowest BCUT2D eigenvalue weighted by atomic mass is 9.78. The van der Waals surface area contributed by atoms with Gasteiger partial charge in [0, 0.05) is 6.42 Å². The van der Waals surface area contributed by atoms with Crippen LogP contribution in [0.2, 0.25) is 0 Å². The van der Waals surface area contributed by atoms with Crippen LogP contribution in [-0.4, -0.2) is 41.4 Å². The molecule has 0 saturated heterocycles. The highest BCUT2D eigenvalue weighted by molar-refractivity contribution is 5.86. The first kappa shape index (κ1) is 28.9. The first-order valence-electron chi connectivity index (χ1n) is 13.9. The average Bonchev–Trinajstić information content (AvgIpc) is 3.01. The summed E-state index contributed by atoms with van der Waals surface area (Å²) in [5, 5.41) is 12.0. The minimum absolute atomic E-state index is 0.0936. The summed E-state index contributed by atoms with van der Waals surface area (Å²) in [6.45, 7) is 0.903. The van der Waals surface area contributed by atoms with Gasteiger partial charge >= 0.3 is 0 Å². The van der Waals surface area contributed by atoms with Crippen LogP contribution < -0.4 is 0 Å². The van der Waals surface area contributed by atoms with Gasteiger partial charge in [0.1, 0.15) is 23.9 Å². The molecule has 4 aromatic rings. The Hall–Kier alpha value is -3.65. The molecule has 0 amide bonds. The van der Waals surface area contributed by atoms with Gasteiger partial charge in [0.25, 0.3) is 0 Å². The summed E-state index contributed by atoms with van der Waals surface area (Å²) in [6, 6.07) is 38.9. The Morgan fingerprint density at radius 1 is 0.585 bits per heavy atom. The highest BCUT2D eigenvalue weighted by Gasteiger charge is 2.55. The second-order valence-corrected chi connectivity index (χ2v) is 10.4. The van der Waals surface area contributed by atoms with Gasteiger partial charge in [-0.15, -0.1) is 0 Å². The average molecular weight is 553 g/mol. The Labute approximate surface area is 241 Å². The highest BCUT2D eigenvalue weighted by atomic mass is 16.6. The van der Waals surface area contributed by atoms with E-state index in [0.29, 0.717) is 6.61 Å². The van der Waals surface area contributed by atoms with E-state index in [1.54, 1.807) is 0 Å². The molecular weight excluding hydrogens is 516 g/mol. The van der Waals surface area contributed by atoms with Crippen molar-refractivity contribution < 1.29 is 28.8 Å². The molecule has 1 N–H and O–H groups in total. The first-order chi connectivity index (χ1) is 20.1. The smallest absolute Gasteiger partial charge is 0.167 e. The van der Waals surface area contributed by atoms with Crippen LogP contribution in [0.5, 0.6) is 0 Å². The lowest BCUT2D eigenvalue weighted by molar-refractivity contribution is -0.240. The number of carbonyl (C=O) groups is 1. The number of aliphatic hydroxyl groups is 1. The zero-order valence-electron chi connectivity index (χ0n) is 23.0. The highest BCUT2D eigenvalue weighted by Crippen LogP contribution is 2.35. The zero-order valence-corrected chi connectivity index (χ0v) is 23.0. The van der Waals surface area contributed by atoms with Gasteiger partial charge in [0.05, 0.1) is 33.0 Å². The Morgan fingerprint density at radius 3 is 1.49 bits per heavy atom. The molecule has 4 atom stereocenters. The van der Waals surface area contributed by atoms with Crippen LogP contribution >= 0.6 is 0 Å². The number of hydrogen-bond donors (Lipinski definition) is 1. The second kappa shape index (κ2) is 14.3. The van der Waals surface area contributed by atoms with Crippen LogP contribution in [0.3, 0.4) is 0 Å². The molecule has 0 heterocycles. The molecule has 1 aliphatic carbocycles. The van der Waals surface area contributed by atoms with Crippen LogP contribution in [0.15, 0.2) is 121 Å². The predicted molar refractivity (Wildman–Crippen MR) is 156 cm³/mol. The molecule has 0 unspecified atom stereocenters. The third-order valence-corrected chi connectivity index (χ3v) is 7.22. The second-order valence-electron chi connectivity index (χ2n) is 10.4. The number of rotatable bonds is 13. The summed E-state index contributed by atoms with van der Waals surface area (Å²) in [4.78, 5) is 13.6. The third kappa shape index (κ3) is 7.97. The molecule has 212 valence electrons. The van der Waals surface area contributed by atoms with Crippen molar-refractivity contribution >= 4 is 5.78 Å². The number of benzene rings is 4. The summed E-state index contributed by atoms with van der Waals surface area (Å²) >= 11 is 0. The largest absolute Gasteiger partial charge is 0.384 e. The fourth-order valence-corrected chi connectivity index (χ4v) is 5.10. The maximum absolute atomic E-state index is 13.6. The summed E-state index contributed by atoms with van der Waals surface area (Å²) < 4.78 is 25.1. The van der Waals surface area contributed by atoms with E-state index in [1.807, 2.05) is 121 Å². The molecule has 41 heavy (non-hydrogen) atoms. The van der Waals surface area contributed by atoms with Crippen molar-refractivity contribution in [3.63, 3.8) is 0 Å². The predicted octanol–water partition coefficient (Wildman–Crippen LogP) is 5.66. The van der Waals surface area contributed by atoms with E-state index in [4.69, 9.17) is 18.9 Å². The van der Waals surface area contributed by atoms with Crippen LogP contribution in [-0.2, 0) is 50.2 Å². The Bertz CT molecular complexity index is 1330. The Balaban J connectivity index is 1.40. The molecule has 6 nitrogen and oxygen atoms in total. The molecule has 0 bridgehead atoms. The van der Waals surface area contributed by atoms with Gasteiger partial charge in [-0.25, -0.2) is 0 Å². The molecule has 6 heteroatoms. The number of ketones is 1. The fourth-order valence-electron chi connectivity index (χ4n) is 5.10. The standard InChI is InChI=1S/C35H36O6/c36-31-21-35(37,26-38-22-27-13-5-1-6-14-27)34(41-25-30-19-11-4-12-20-30)33(40-24-29-17-9-3-10-18-29)32(31)39-23-28-15-7-2-8-16-28/h1-20,32-34,37H,21-26H2/t32-,33+,34+,35-/m0/s1. The normalized spacial score (nSPS) is 22.5. The Kier molecular flexibility index (Phi) is 10.1. The minimum Gasteiger partial charge on any atom is -0.384 e. The van der Waals surface area contributed by atoms with E-state index in [0.717, 1.165) is 22.3 Å². The van der Waals surface area contributed by atoms with Crippen molar-refractivity contribution in [2.24, 2.45) is 0 Å². The van der Waals surface area contributed by atoms with E-state index >= 15 is 0 Å². The molecule has 0 radical (unpaired) electrons. The molecule has 1 saturated carbocycles. The summed E-state index contributed by atoms with van der Waals surface area (Å²) in [6.07, 6.45) is -2.85. The maximum atomic E-state index is 13.6. The van der Waals surface area contributed by atoms with Crippen LogP contribution in [0.1, 0.15) is 28.7 Å². The van der Waals surface area contributed by atoms with Gasteiger partial charge in [0.2, 0.25) is 0 Å². The topological polar surface area (TPSA) is 74.2 Å². The van der Waals surface area contributed by atoms with Crippen molar-refractivity contribution in [3.05, 3.63) is 144 Å². The van der Waals surface area contributed by atoms with Crippen molar-refractivity contribution in [2.75, 3.05) is 6.61 Å². The van der Waals surface area contributed by atoms with E-state index < -0.39 is 23.9 Å². The van der Waals surface area contributed by atoms with Crippen molar-refractivity contribution in [2.45, 2.75) is 56.8 Å². The SMILES string of the molecule is O=C1C[C@](O)(COCc2ccccc2)[C@H](OCc2ccccc2)[C@H](OCc2ccccc2)[C@H]1OCc1ccccc1. The molecule has 1 aliphatic rings. The molecule has 5 rings (SSSR count). The summed E-state index contributed by atoms with van der Waals surface area (Å²) in [5.41, 5.74) is 2.18. The van der Waals surface area contributed by atoms with Crippen molar-refractivity contribution in [1.82, 2.24) is 0 Å². The van der Waals surface area contributed by atoms with Gasteiger partial charge in [-0.1, -0.05) is 121 Å². The quantitative estimate of drug-likeness (QED) is 0.231. The van der Waals surface area contributed by atoms with Crippen LogP contribution in [0, 0.1) is 0 Å². The molecular formula is C35H36O6.